The van der Waals surface area contributed by atoms with Crippen molar-refractivity contribution in [2.75, 3.05) is 19.8 Å². The molecule has 0 bridgehead atoms. The summed E-state index contributed by atoms with van der Waals surface area (Å²) in [5.74, 6) is -0.00698. The number of amides is 1. The largest absolute Gasteiger partial charge is 0.480 e. The highest BCUT2D eigenvalue weighted by atomic mass is 16.5. The number of hydrogen-bond acceptors (Lipinski definition) is 4. The van der Waals surface area contributed by atoms with E-state index in [1.807, 2.05) is 6.92 Å². The molecule has 0 aromatic carbocycles. The first kappa shape index (κ1) is 15.3. The molecule has 1 fully saturated rings. The van der Waals surface area contributed by atoms with E-state index in [1.54, 1.807) is 18.2 Å². The van der Waals surface area contributed by atoms with Gasteiger partial charge in [0, 0.05) is 25.3 Å². The van der Waals surface area contributed by atoms with E-state index in [0.717, 1.165) is 5.76 Å². The van der Waals surface area contributed by atoms with Gasteiger partial charge in [-0.3, -0.25) is 9.59 Å². The molecule has 21 heavy (non-hydrogen) atoms. The van der Waals surface area contributed by atoms with Gasteiger partial charge in [-0.1, -0.05) is 0 Å². The van der Waals surface area contributed by atoms with Gasteiger partial charge in [-0.15, -0.1) is 0 Å². The van der Waals surface area contributed by atoms with Crippen LogP contribution in [0.1, 0.15) is 24.4 Å². The number of nitrogens with zero attached hydrogens (tertiary/aromatic N) is 1. The number of rotatable bonds is 5. The maximum Gasteiger partial charge on any atom is 0.323 e. The minimum Gasteiger partial charge on any atom is -0.480 e. The summed E-state index contributed by atoms with van der Waals surface area (Å²) in [7, 11) is 0. The maximum atomic E-state index is 12.3. The van der Waals surface area contributed by atoms with E-state index in [0.29, 0.717) is 31.8 Å². The summed E-state index contributed by atoms with van der Waals surface area (Å²) in [6.07, 6.45) is 4.24. The number of ether oxygens (including phenoxy) is 1. The van der Waals surface area contributed by atoms with E-state index >= 15 is 0 Å². The van der Waals surface area contributed by atoms with Crippen LogP contribution in [0.15, 0.2) is 22.6 Å². The molecule has 0 spiro atoms. The summed E-state index contributed by atoms with van der Waals surface area (Å²) in [6.45, 7) is 2.62. The molecule has 1 aromatic rings. The van der Waals surface area contributed by atoms with Crippen molar-refractivity contribution in [1.82, 2.24) is 4.90 Å². The van der Waals surface area contributed by atoms with Crippen molar-refractivity contribution >= 4 is 18.0 Å². The molecule has 2 rings (SSSR count). The Morgan fingerprint density at radius 2 is 2.10 bits per heavy atom. The van der Waals surface area contributed by atoms with Gasteiger partial charge >= 0.3 is 5.97 Å². The van der Waals surface area contributed by atoms with Crippen molar-refractivity contribution in [3.05, 3.63) is 29.7 Å². The molecule has 1 saturated heterocycles. The Morgan fingerprint density at radius 1 is 1.38 bits per heavy atom. The van der Waals surface area contributed by atoms with Gasteiger partial charge in [-0.05, 0) is 38.0 Å². The summed E-state index contributed by atoms with van der Waals surface area (Å²) in [5, 5.41) is 8.98. The van der Waals surface area contributed by atoms with Gasteiger partial charge in [0.25, 0.3) is 0 Å². The predicted octanol–water partition coefficient (Wildman–Crippen LogP) is 1.69. The first-order valence-electron chi connectivity index (χ1n) is 6.91. The molecule has 0 radical (unpaired) electrons. The molecule has 1 aliphatic heterocycles. The molecule has 1 aromatic heterocycles. The summed E-state index contributed by atoms with van der Waals surface area (Å²) in [4.78, 5) is 24.6. The Kier molecular flexibility index (Phi) is 5.16. The normalized spacial score (nSPS) is 16.2. The Hall–Kier alpha value is -2.08. The lowest BCUT2D eigenvalue weighted by Gasteiger charge is -2.32. The van der Waals surface area contributed by atoms with Crippen LogP contribution in [0.5, 0.6) is 0 Å². The fourth-order valence-corrected chi connectivity index (χ4v) is 2.32. The molecule has 6 heteroatoms. The zero-order valence-electron chi connectivity index (χ0n) is 11.9. The van der Waals surface area contributed by atoms with Crippen LogP contribution in [0.25, 0.3) is 6.08 Å². The number of carbonyl (C=O) groups is 2. The molecule has 2 heterocycles. The number of carboxylic acid groups (broad SMARTS) is 1. The quantitative estimate of drug-likeness (QED) is 0.836. The molecule has 0 saturated carbocycles. The molecule has 1 N–H and O–H groups in total. The Morgan fingerprint density at radius 3 is 2.67 bits per heavy atom. The highest BCUT2D eigenvalue weighted by Crippen LogP contribution is 2.16. The molecule has 6 nitrogen and oxygen atoms in total. The average molecular weight is 293 g/mol. The third-order valence-electron chi connectivity index (χ3n) is 3.37. The third-order valence-corrected chi connectivity index (χ3v) is 3.37. The van der Waals surface area contributed by atoms with E-state index < -0.39 is 5.97 Å². The second-order valence-electron chi connectivity index (χ2n) is 4.99. The molecular weight excluding hydrogens is 274 g/mol. The first-order valence-corrected chi connectivity index (χ1v) is 6.91. The third kappa shape index (κ3) is 4.46. The van der Waals surface area contributed by atoms with Crippen LogP contribution < -0.4 is 0 Å². The first-order chi connectivity index (χ1) is 10.1. The van der Waals surface area contributed by atoms with Gasteiger partial charge in [0.05, 0.1) is 0 Å². The topological polar surface area (TPSA) is 80.0 Å². The lowest BCUT2D eigenvalue weighted by molar-refractivity contribution is -0.145. The Balaban J connectivity index is 2.05. The van der Waals surface area contributed by atoms with Gasteiger partial charge in [-0.2, -0.15) is 0 Å². The number of hydrogen-bond donors (Lipinski definition) is 1. The van der Waals surface area contributed by atoms with Gasteiger partial charge in [0.1, 0.15) is 18.1 Å². The number of furan rings is 1. The second-order valence-corrected chi connectivity index (χ2v) is 4.99. The zero-order valence-corrected chi connectivity index (χ0v) is 11.9. The summed E-state index contributed by atoms with van der Waals surface area (Å²) in [5.41, 5.74) is 0. The van der Waals surface area contributed by atoms with Crippen molar-refractivity contribution in [2.45, 2.75) is 25.8 Å². The minimum atomic E-state index is -1.02. The highest BCUT2D eigenvalue weighted by molar-refractivity contribution is 5.93. The Bertz CT molecular complexity index is 528. The molecule has 1 amide bonds. The van der Waals surface area contributed by atoms with E-state index in [9.17, 15) is 9.59 Å². The molecular formula is C15H19NO5. The van der Waals surface area contributed by atoms with Gasteiger partial charge in [-0.25, -0.2) is 0 Å². The standard InChI is InChI=1S/C15H19NO5/c1-11-2-3-13(21-11)4-5-14(17)16(10-15(18)19)12-6-8-20-9-7-12/h2-5,12H,6-10H2,1H3,(H,18,19)/b5-4-. The van der Waals surface area contributed by atoms with Gasteiger partial charge < -0.3 is 19.2 Å². The summed E-state index contributed by atoms with van der Waals surface area (Å²) < 4.78 is 10.6. The van der Waals surface area contributed by atoms with Gasteiger partial charge in [0.15, 0.2) is 0 Å². The summed E-state index contributed by atoms with van der Waals surface area (Å²) in [6, 6.07) is 3.47. The van der Waals surface area contributed by atoms with Crippen LogP contribution >= 0.6 is 0 Å². The van der Waals surface area contributed by atoms with E-state index in [2.05, 4.69) is 0 Å². The van der Waals surface area contributed by atoms with Crippen LogP contribution in [0.4, 0.5) is 0 Å². The molecule has 0 atom stereocenters. The van der Waals surface area contributed by atoms with Crippen LogP contribution in [0.2, 0.25) is 0 Å². The molecule has 0 unspecified atom stereocenters. The number of aliphatic carboxylic acids is 1. The Labute approximate surface area is 123 Å². The number of aryl methyl sites for hydroxylation is 1. The van der Waals surface area contributed by atoms with Gasteiger partial charge in [0.2, 0.25) is 5.91 Å². The SMILES string of the molecule is Cc1ccc(/C=C\C(=O)N(CC(=O)O)C2CCOCC2)o1. The van der Waals surface area contributed by atoms with Crippen LogP contribution in [-0.2, 0) is 14.3 Å². The van der Waals surface area contributed by atoms with E-state index in [-0.39, 0.29) is 18.5 Å². The predicted molar refractivity (Wildman–Crippen MR) is 75.7 cm³/mol. The van der Waals surface area contributed by atoms with Crippen LogP contribution in [-0.4, -0.2) is 47.7 Å². The van der Waals surface area contributed by atoms with Crippen molar-refractivity contribution < 1.29 is 23.8 Å². The van der Waals surface area contributed by atoms with Crippen molar-refractivity contribution in [1.29, 1.82) is 0 Å². The zero-order chi connectivity index (χ0) is 15.2. The van der Waals surface area contributed by atoms with E-state index in [1.165, 1.54) is 11.0 Å². The van der Waals surface area contributed by atoms with Crippen molar-refractivity contribution in [2.24, 2.45) is 0 Å². The van der Waals surface area contributed by atoms with E-state index in [4.69, 9.17) is 14.3 Å². The smallest absolute Gasteiger partial charge is 0.323 e. The molecule has 114 valence electrons. The van der Waals surface area contributed by atoms with Crippen molar-refractivity contribution in [3.63, 3.8) is 0 Å². The number of carbonyl (C=O) groups excluding carboxylic acids is 1. The maximum absolute atomic E-state index is 12.3. The summed E-state index contributed by atoms with van der Waals surface area (Å²) >= 11 is 0. The highest BCUT2D eigenvalue weighted by Gasteiger charge is 2.26. The molecule has 1 aliphatic rings. The lowest BCUT2D eigenvalue weighted by atomic mass is 10.1. The average Bonchev–Trinajstić information content (AvgIpc) is 2.88. The second kappa shape index (κ2) is 7.08. The minimum absolute atomic E-state index is 0.0923. The fraction of sp³-hybridized carbons (Fsp3) is 0.467. The fourth-order valence-electron chi connectivity index (χ4n) is 2.32. The lowest BCUT2D eigenvalue weighted by Crippen LogP contribution is -2.45. The van der Waals surface area contributed by atoms with Crippen LogP contribution in [0, 0.1) is 6.92 Å². The molecule has 0 aliphatic carbocycles. The number of carboxylic acids is 1. The van der Waals surface area contributed by atoms with Crippen molar-refractivity contribution in [3.8, 4) is 0 Å². The monoisotopic (exact) mass is 293 g/mol. The van der Waals surface area contributed by atoms with Crippen LogP contribution in [0.3, 0.4) is 0 Å².